The van der Waals surface area contributed by atoms with E-state index >= 15 is 0 Å². The van der Waals surface area contributed by atoms with E-state index in [9.17, 15) is 4.79 Å². The van der Waals surface area contributed by atoms with Gasteiger partial charge in [0.1, 0.15) is 11.5 Å². The molecule has 1 N–H and O–H groups in total. The van der Waals surface area contributed by atoms with Gasteiger partial charge < -0.3 is 19.3 Å². The van der Waals surface area contributed by atoms with Gasteiger partial charge in [-0.25, -0.2) is 4.79 Å². The standard InChI is InChI=1S/C13H18O5/c1-4-18-12(13(14)15)8-9-7-10(16-2)5-6-11(9)17-3/h5-7,12H,4,8H2,1-3H3,(H,14,15). The van der Waals surface area contributed by atoms with Gasteiger partial charge in [0.05, 0.1) is 14.2 Å². The molecular formula is C13H18O5. The predicted octanol–water partition coefficient (Wildman–Crippen LogP) is 1.74. The van der Waals surface area contributed by atoms with Crippen LogP contribution >= 0.6 is 0 Å². The van der Waals surface area contributed by atoms with Crippen LogP contribution in [0.5, 0.6) is 11.5 Å². The Kier molecular flexibility index (Phi) is 5.45. The molecule has 0 aromatic heterocycles. The summed E-state index contributed by atoms with van der Waals surface area (Å²) >= 11 is 0. The Morgan fingerprint density at radius 2 is 2.06 bits per heavy atom. The summed E-state index contributed by atoms with van der Waals surface area (Å²) in [6.07, 6.45) is -0.639. The van der Waals surface area contributed by atoms with Crippen LogP contribution in [0, 0.1) is 0 Å². The molecule has 1 aromatic rings. The normalized spacial score (nSPS) is 11.9. The van der Waals surface area contributed by atoms with Gasteiger partial charge in [0.2, 0.25) is 0 Å². The Hall–Kier alpha value is -1.75. The molecule has 0 aliphatic carbocycles. The zero-order valence-corrected chi connectivity index (χ0v) is 10.8. The number of methoxy groups -OCH3 is 2. The summed E-state index contributed by atoms with van der Waals surface area (Å²) in [5, 5.41) is 9.06. The number of hydrogen-bond acceptors (Lipinski definition) is 4. The Morgan fingerprint density at radius 3 is 2.56 bits per heavy atom. The molecule has 0 saturated carbocycles. The quantitative estimate of drug-likeness (QED) is 0.802. The fraction of sp³-hybridized carbons (Fsp3) is 0.462. The number of ether oxygens (including phenoxy) is 3. The minimum atomic E-state index is -0.985. The topological polar surface area (TPSA) is 65.0 Å². The second-order valence-corrected chi connectivity index (χ2v) is 3.66. The van der Waals surface area contributed by atoms with E-state index in [0.717, 1.165) is 5.56 Å². The Balaban J connectivity index is 2.95. The maximum atomic E-state index is 11.1. The summed E-state index contributed by atoms with van der Waals surface area (Å²) < 4.78 is 15.5. The molecule has 0 bridgehead atoms. The van der Waals surface area contributed by atoms with Crippen LogP contribution in [-0.2, 0) is 16.0 Å². The third-order valence-corrected chi connectivity index (χ3v) is 2.54. The minimum Gasteiger partial charge on any atom is -0.497 e. The molecule has 0 heterocycles. The van der Waals surface area contributed by atoms with Crippen molar-refractivity contribution < 1.29 is 24.1 Å². The molecule has 1 aromatic carbocycles. The Morgan fingerprint density at radius 1 is 1.33 bits per heavy atom. The highest BCUT2D eigenvalue weighted by molar-refractivity contribution is 5.73. The maximum absolute atomic E-state index is 11.1. The monoisotopic (exact) mass is 254 g/mol. The van der Waals surface area contributed by atoms with Gasteiger partial charge in [0.25, 0.3) is 0 Å². The number of hydrogen-bond donors (Lipinski definition) is 1. The largest absolute Gasteiger partial charge is 0.497 e. The van der Waals surface area contributed by atoms with Crippen molar-refractivity contribution in [3.8, 4) is 11.5 Å². The van der Waals surface area contributed by atoms with Crippen LogP contribution in [0.1, 0.15) is 12.5 Å². The molecule has 0 aliphatic rings. The highest BCUT2D eigenvalue weighted by atomic mass is 16.5. The summed E-state index contributed by atoms with van der Waals surface area (Å²) in [5.74, 6) is 0.301. The zero-order valence-electron chi connectivity index (χ0n) is 10.8. The number of carbonyl (C=O) groups is 1. The fourth-order valence-electron chi connectivity index (χ4n) is 1.66. The zero-order chi connectivity index (χ0) is 13.5. The van der Waals surface area contributed by atoms with E-state index in [1.807, 2.05) is 0 Å². The van der Waals surface area contributed by atoms with Crippen molar-refractivity contribution in [2.45, 2.75) is 19.4 Å². The summed E-state index contributed by atoms with van der Waals surface area (Å²) in [5.41, 5.74) is 0.748. The molecule has 0 spiro atoms. The molecule has 5 heteroatoms. The molecule has 0 aliphatic heterocycles. The third kappa shape index (κ3) is 3.63. The Bertz CT molecular complexity index is 402. The van der Waals surface area contributed by atoms with E-state index in [1.165, 1.54) is 0 Å². The van der Waals surface area contributed by atoms with Crippen LogP contribution in [0.25, 0.3) is 0 Å². The highest BCUT2D eigenvalue weighted by Crippen LogP contribution is 2.25. The first-order valence-corrected chi connectivity index (χ1v) is 5.67. The lowest BCUT2D eigenvalue weighted by Crippen LogP contribution is -2.26. The van der Waals surface area contributed by atoms with E-state index in [-0.39, 0.29) is 6.42 Å². The van der Waals surface area contributed by atoms with Gasteiger partial charge in [-0.15, -0.1) is 0 Å². The molecule has 0 amide bonds. The molecule has 5 nitrogen and oxygen atoms in total. The van der Waals surface area contributed by atoms with Crippen molar-refractivity contribution in [2.24, 2.45) is 0 Å². The van der Waals surface area contributed by atoms with E-state index in [4.69, 9.17) is 19.3 Å². The first-order chi connectivity index (χ1) is 8.62. The van der Waals surface area contributed by atoms with E-state index in [0.29, 0.717) is 18.1 Å². The van der Waals surface area contributed by atoms with Crippen LogP contribution < -0.4 is 9.47 Å². The van der Waals surface area contributed by atoms with Gasteiger partial charge in [-0.2, -0.15) is 0 Å². The fourth-order valence-corrected chi connectivity index (χ4v) is 1.66. The molecule has 100 valence electrons. The predicted molar refractivity (Wildman–Crippen MR) is 66.3 cm³/mol. The molecular weight excluding hydrogens is 236 g/mol. The first-order valence-electron chi connectivity index (χ1n) is 5.67. The van der Waals surface area contributed by atoms with Crippen molar-refractivity contribution >= 4 is 5.97 Å². The van der Waals surface area contributed by atoms with Gasteiger partial charge in [-0.1, -0.05) is 0 Å². The summed E-state index contributed by atoms with van der Waals surface area (Å²) in [6, 6.07) is 5.27. The molecule has 1 rings (SSSR count). The lowest BCUT2D eigenvalue weighted by Gasteiger charge is -2.15. The SMILES string of the molecule is CCOC(Cc1cc(OC)ccc1OC)C(=O)O. The molecule has 0 radical (unpaired) electrons. The minimum absolute atomic E-state index is 0.240. The van der Waals surface area contributed by atoms with Crippen LogP contribution in [0.4, 0.5) is 0 Å². The molecule has 0 saturated heterocycles. The van der Waals surface area contributed by atoms with E-state index < -0.39 is 12.1 Å². The molecule has 1 unspecified atom stereocenters. The second-order valence-electron chi connectivity index (χ2n) is 3.66. The van der Waals surface area contributed by atoms with Crippen molar-refractivity contribution in [1.82, 2.24) is 0 Å². The maximum Gasteiger partial charge on any atom is 0.333 e. The van der Waals surface area contributed by atoms with Crippen molar-refractivity contribution in [3.63, 3.8) is 0 Å². The Labute approximate surface area is 106 Å². The van der Waals surface area contributed by atoms with Crippen LogP contribution in [0.15, 0.2) is 18.2 Å². The molecule has 1 atom stereocenters. The van der Waals surface area contributed by atoms with Gasteiger partial charge in [-0.05, 0) is 25.1 Å². The van der Waals surface area contributed by atoms with Gasteiger partial charge in [-0.3, -0.25) is 0 Å². The van der Waals surface area contributed by atoms with Gasteiger partial charge >= 0.3 is 5.97 Å². The number of aliphatic carboxylic acids is 1. The first kappa shape index (κ1) is 14.3. The van der Waals surface area contributed by atoms with Crippen molar-refractivity contribution in [2.75, 3.05) is 20.8 Å². The number of benzene rings is 1. The second kappa shape index (κ2) is 6.86. The summed E-state index contributed by atoms with van der Waals surface area (Å²) in [6.45, 7) is 2.11. The van der Waals surface area contributed by atoms with Crippen LogP contribution in [0.3, 0.4) is 0 Å². The average Bonchev–Trinajstić information content (AvgIpc) is 2.37. The van der Waals surface area contributed by atoms with Gasteiger partial charge in [0, 0.05) is 18.6 Å². The molecule has 0 fully saturated rings. The lowest BCUT2D eigenvalue weighted by molar-refractivity contribution is -0.149. The van der Waals surface area contributed by atoms with Crippen molar-refractivity contribution in [3.05, 3.63) is 23.8 Å². The van der Waals surface area contributed by atoms with Crippen LogP contribution in [0.2, 0.25) is 0 Å². The van der Waals surface area contributed by atoms with Crippen molar-refractivity contribution in [1.29, 1.82) is 0 Å². The summed E-state index contributed by atoms with van der Waals surface area (Å²) in [4.78, 5) is 11.1. The number of carboxylic acid groups (broad SMARTS) is 1. The van der Waals surface area contributed by atoms with Gasteiger partial charge in [0.15, 0.2) is 6.10 Å². The summed E-state index contributed by atoms with van der Waals surface area (Å²) in [7, 11) is 3.10. The molecule has 18 heavy (non-hydrogen) atoms. The lowest BCUT2D eigenvalue weighted by atomic mass is 10.1. The number of carboxylic acids is 1. The van der Waals surface area contributed by atoms with Crippen LogP contribution in [-0.4, -0.2) is 38.0 Å². The third-order valence-electron chi connectivity index (χ3n) is 2.54. The van der Waals surface area contributed by atoms with E-state index in [1.54, 1.807) is 39.3 Å². The van der Waals surface area contributed by atoms with E-state index in [2.05, 4.69) is 0 Å². The highest BCUT2D eigenvalue weighted by Gasteiger charge is 2.20. The average molecular weight is 254 g/mol. The number of rotatable bonds is 7. The smallest absolute Gasteiger partial charge is 0.333 e.